The van der Waals surface area contributed by atoms with E-state index >= 15 is 0 Å². The van der Waals surface area contributed by atoms with Gasteiger partial charge in [0, 0.05) is 6.54 Å². The normalized spacial score (nSPS) is 19.4. The lowest BCUT2D eigenvalue weighted by atomic mass is 9.92. The monoisotopic (exact) mass is 260 g/mol. The molecule has 3 nitrogen and oxygen atoms in total. The van der Waals surface area contributed by atoms with Gasteiger partial charge in [0.1, 0.15) is 0 Å². The van der Waals surface area contributed by atoms with E-state index in [-0.39, 0.29) is 17.4 Å². The van der Waals surface area contributed by atoms with Crippen molar-refractivity contribution in [2.45, 2.75) is 39.2 Å². The second-order valence-corrected chi connectivity index (χ2v) is 5.85. The van der Waals surface area contributed by atoms with Gasteiger partial charge < -0.3 is 10.6 Å². The number of hydrogen-bond donors (Lipinski definition) is 2. The summed E-state index contributed by atoms with van der Waals surface area (Å²) in [5.74, 6) is 0.281. The van der Waals surface area contributed by atoms with E-state index in [9.17, 15) is 4.79 Å². The van der Waals surface area contributed by atoms with Gasteiger partial charge >= 0.3 is 0 Å². The Kier molecular flexibility index (Phi) is 4.25. The lowest BCUT2D eigenvalue weighted by Crippen LogP contribution is -2.44. The molecule has 0 saturated carbocycles. The molecule has 1 aromatic carbocycles. The van der Waals surface area contributed by atoms with Gasteiger partial charge in [-0.05, 0) is 44.4 Å². The number of hydrogen-bond acceptors (Lipinski definition) is 2. The molecule has 0 spiro atoms. The van der Waals surface area contributed by atoms with E-state index in [2.05, 4.69) is 55.7 Å². The van der Waals surface area contributed by atoms with Gasteiger partial charge in [-0.25, -0.2) is 0 Å². The lowest BCUT2D eigenvalue weighted by molar-refractivity contribution is -0.126. The average molecular weight is 260 g/mol. The van der Waals surface area contributed by atoms with Gasteiger partial charge in [0.15, 0.2) is 0 Å². The maximum atomic E-state index is 12.2. The van der Waals surface area contributed by atoms with Crippen LogP contribution in [0.4, 0.5) is 0 Å². The van der Waals surface area contributed by atoms with E-state index in [1.165, 1.54) is 5.56 Å². The molecule has 1 saturated heterocycles. The van der Waals surface area contributed by atoms with E-state index in [0.29, 0.717) is 0 Å². The van der Waals surface area contributed by atoms with Crippen molar-refractivity contribution in [2.75, 3.05) is 13.1 Å². The van der Waals surface area contributed by atoms with Crippen LogP contribution in [0.2, 0.25) is 0 Å². The number of aryl methyl sites for hydroxylation is 1. The third kappa shape index (κ3) is 3.35. The molecular weight excluding hydrogens is 236 g/mol. The molecule has 19 heavy (non-hydrogen) atoms. The van der Waals surface area contributed by atoms with E-state index < -0.39 is 0 Å². The molecule has 1 unspecified atom stereocenters. The van der Waals surface area contributed by atoms with Crippen LogP contribution >= 0.6 is 0 Å². The van der Waals surface area contributed by atoms with Gasteiger partial charge in [-0.2, -0.15) is 0 Å². The van der Waals surface area contributed by atoms with E-state index in [4.69, 9.17) is 0 Å². The predicted molar refractivity (Wildman–Crippen MR) is 78.0 cm³/mol. The Morgan fingerprint density at radius 1 is 1.37 bits per heavy atom. The summed E-state index contributed by atoms with van der Waals surface area (Å²) < 4.78 is 0. The molecule has 3 heteroatoms. The quantitative estimate of drug-likeness (QED) is 0.871. The fourth-order valence-electron chi connectivity index (χ4n) is 2.52. The SMILES string of the molecule is CCc1ccc(C(C)(C)NC(=O)C2CCNC2)cc1. The van der Waals surface area contributed by atoms with Gasteiger partial charge in [0.05, 0.1) is 11.5 Å². The molecule has 1 heterocycles. The van der Waals surface area contributed by atoms with Crippen LogP contribution in [0.3, 0.4) is 0 Å². The fraction of sp³-hybridized carbons (Fsp3) is 0.562. The number of carbonyl (C=O) groups is 1. The summed E-state index contributed by atoms with van der Waals surface area (Å²) in [6.07, 6.45) is 1.98. The molecule has 1 fully saturated rings. The Bertz CT molecular complexity index is 431. The zero-order valence-electron chi connectivity index (χ0n) is 12.1. The van der Waals surface area contributed by atoms with Crippen LogP contribution in [0.1, 0.15) is 38.3 Å². The second-order valence-electron chi connectivity index (χ2n) is 5.85. The summed E-state index contributed by atoms with van der Waals surface area (Å²) in [5, 5.41) is 6.41. The highest BCUT2D eigenvalue weighted by molar-refractivity contribution is 5.80. The number of benzene rings is 1. The first-order valence-electron chi connectivity index (χ1n) is 7.15. The zero-order valence-corrected chi connectivity index (χ0v) is 12.1. The molecule has 0 bridgehead atoms. The van der Waals surface area contributed by atoms with Gasteiger partial charge in [-0.3, -0.25) is 4.79 Å². The van der Waals surface area contributed by atoms with E-state index in [1.807, 2.05) is 0 Å². The van der Waals surface area contributed by atoms with Gasteiger partial charge in [-0.1, -0.05) is 31.2 Å². The van der Waals surface area contributed by atoms with Gasteiger partial charge in [0.2, 0.25) is 5.91 Å². The van der Waals surface area contributed by atoms with Crippen LogP contribution in [0.5, 0.6) is 0 Å². The average Bonchev–Trinajstić information content (AvgIpc) is 2.92. The minimum absolute atomic E-state index is 0.120. The van der Waals surface area contributed by atoms with Crippen molar-refractivity contribution in [3.8, 4) is 0 Å². The number of carbonyl (C=O) groups excluding carboxylic acids is 1. The van der Waals surface area contributed by atoms with Crippen molar-refractivity contribution in [1.29, 1.82) is 0 Å². The summed E-state index contributed by atoms with van der Waals surface area (Å²) in [6, 6.07) is 8.51. The van der Waals surface area contributed by atoms with Crippen LogP contribution < -0.4 is 10.6 Å². The standard InChI is InChI=1S/C16H24N2O/c1-4-12-5-7-14(8-6-12)16(2,3)18-15(19)13-9-10-17-11-13/h5-8,13,17H,4,9-11H2,1-3H3,(H,18,19). The fourth-order valence-corrected chi connectivity index (χ4v) is 2.52. The summed E-state index contributed by atoms with van der Waals surface area (Å²) in [6.45, 7) is 8.03. The molecule has 1 aromatic rings. The van der Waals surface area contributed by atoms with Crippen molar-refractivity contribution in [1.82, 2.24) is 10.6 Å². The largest absolute Gasteiger partial charge is 0.347 e. The molecule has 1 atom stereocenters. The first kappa shape index (κ1) is 14.1. The topological polar surface area (TPSA) is 41.1 Å². The molecule has 104 valence electrons. The minimum Gasteiger partial charge on any atom is -0.347 e. The van der Waals surface area contributed by atoms with Crippen LogP contribution in [0, 0.1) is 5.92 Å². The molecule has 2 N–H and O–H groups in total. The van der Waals surface area contributed by atoms with Crippen molar-refractivity contribution in [3.05, 3.63) is 35.4 Å². The first-order valence-corrected chi connectivity index (χ1v) is 7.15. The maximum absolute atomic E-state index is 12.2. The maximum Gasteiger partial charge on any atom is 0.225 e. The van der Waals surface area contributed by atoms with Crippen molar-refractivity contribution < 1.29 is 4.79 Å². The molecule has 0 aliphatic carbocycles. The molecule has 1 aliphatic rings. The molecule has 0 radical (unpaired) electrons. The summed E-state index contributed by atoms with van der Waals surface area (Å²) in [7, 11) is 0. The van der Waals surface area contributed by atoms with Gasteiger partial charge in [-0.15, -0.1) is 0 Å². The van der Waals surface area contributed by atoms with Crippen LogP contribution in [-0.2, 0) is 16.8 Å². The Balaban J connectivity index is 2.05. The Morgan fingerprint density at radius 2 is 2.05 bits per heavy atom. The summed E-state index contributed by atoms with van der Waals surface area (Å²) in [5.41, 5.74) is 2.17. The van der Waals surface area contributed by atoms with E-state index in [0.717, 1.165) is 31.5 Å². The number of amides is 1. The number of nitrogens with one attached hydrogen (secondary N) is 2. The Morgan fingerprint density at radius 3 is 2.58 bits per heavy atom. The highest BCUT2D eigenvalue weighted by Crippen LogP contribution is 2.22. The van der Waals surface area contributed by atoms with Crippen molar-refractivity contribution in [2.24, 2.45) is 5.92 Å². The zero-order chi connectivity index (χ0) is 13.9. The number of rotatable bonds is 4. The highest BCUT2D eigenvalue weighted by atomic mass is 16.2. The Hall–Kier alpha value is -1.35. The Labute approximate surface area is 115 Å². The van der Waals surface area contributed by atoms with E-state index in [1.54, 1.807) is 0 Å². The third-order valence-electron chi connectivity index (χ3n) is 3.95. The molecule has 2 rings (SSSR count). The first-order chi connectivity index (χ1) is 9.03. The minimum atomic E-state index is -0.314. The third-order valence-corrected chi connectivity index (χ3v) is 3.95. The molecule has 0 aromatic heterocycles. The van der Waals surface area contributed by atoms with Gasteiger partial charge in [0.25, 0.3) is 0 Å². The smallest absolute Gasteiger partial charge is 0.225 e. The van der Waals surface area contributed by atoms with Crippen LogP contribution in [-0.4, -0.2) is 19.0 Å². The molecule has 1 aliphatic heterocycles. The van der Waals surface area contributed by atoms with Crippen molar-refractivity contribution in [3.63, 3.8) is 0 Å². The summed E-state index contributed by atoms with van der Waals surface area (Å²) in [4.78, 5) is 12.2. The van der Waals surface area contributed by atoms with Crippen molar-refractivity contribution >= 4 is 5.91 Å². The van der Waals surface area contributed by atoms with Crippen LogP contribution in [0.25, 0.3) is 0 Å². The molecule has 1 amide bonds. The highest BCUT2D eigenvalue weighted by Gasteiger charge is 2.28. The lowest BCUT2D eigenvalue weighted by Gasteiger charge is -2.28. The predicted octanol–water partition coefficient (Wildman–Crippen LogP) is 2.21. The summed E-state index contributed by atoms with van der Waals surface area (Å²) >= 11 is 0. The second kappa shape index (κ2) is 5.74. The van der Waals surface area contributed by atoms with Crippen LogP contribution in [0.15, 0.2) is 24.3 Å². The molecular formula is C16H24N2O.